The van der Waals surface area contributed by atoms with Crippen LogP contribution in [-0.2, 0) is 24.4 Å². The van der Waals surface area contributed by atoms with Gasteiger partial charge in [-0.1, -0.05) is 18.2 Å². The summed E-state index contributed by atoms with van der Waals surface area (Å²) in [6.07, 6.45) is 3.49. The van der Waals surface area contributed by atoms with Gasteiger partial charge in [0.25, 0.3) is 5.91 Å². The molecule has 0 bridgehead atoms. The molecule has 3 heterocycles. The van der Waals surface area contributed by atoms with E-state index in [-0.39, 0.29) is 5.91 Å². The Hall–Kier alpha value is -4.20. The molecule has 0 unspecified atom stereocenters. The standard InChI is InChI=1S/C26H24N4O4/c1-4-30-23-9-8-16(10-18(23)12-28-30)21-13-27-24(33-2)11-20(21)25(31)29-14-17-6-5-7-19(22(17)15-29)26(32)34-3/h5-13H,4,14-15H2,1-3H3. The van der Waals surface area contributed by atoms with E-state index in [1.807, 2.05) is 48.1 Å². The van der Waals surface area contributed by atoms with Crippen molar-refractivity contribution < 1.29 is 19.1 Å². The lowest BCUT2D eigenvalue weighted by molar-refractivity contribution is 0.0596. The minimum absolute atomic E-state index is 0.160. The van der Waals surface area contributed by atoms with Gasteiger partial charge in [0, 0.05) is 42.8 Å². The van der Waals surface area contributed by atoms with Crippen LogP contribution in [0.2, 0.25) is 0 Å². The summed E-state index contributed by atoms with van der Waals surface area (Å²) in [4.78, 5) is 32.1. The summed E-state index contributed by atoms with van der Waals surface area (Å²) in [7, 11) is 2.88. The van der Waals surface area contributed by atoms with Crippen molar-refractivity contribution in [2.24, 2.45) is 0 Å². The zero-order valence-corrected chi connectivity index (χ0v) is 19.2. The molecule has 8 nitrogen and oxygen atoms in total. The lowest BCUT2D eigenvalue weighted by Crippen LogP contribution is -2.26. The predicted octanol–water partition coefficient (Wildman–Crippen LogP) is 4.07. The second-order valence-electron chi connectivity index (χ2n) is 8.10. The summed E-state index contributed by atoms with van der Waals surface area (Å²) >= 11 is 0. The molecule has 5 rings (SSSR count). The number of esters is 1. The third kappa shape index (κ3) is 3.57. The first kappa shape index (κ1) is 21.6. The first-order valence-electron chi connectivity index (χ1n) is 11.0. The molecule has 1 aliphatic heterocycles. The number of rotatable bonds is 5. The molecule has 0 saturated heterocycles. The zero-order chi connectivity index (χ0) is 23.8. The average molecular weight is 457 g/mol. The Kier molecular flexibility index (Phi) is 5.49. The summed E-state index contributed by atoms with van der Waals surface area (Å²) in [6.45, 7) is 3.56. The number of benzene rings is 2. The van der Waals surface area contributed by atoms with E-state index in [0.29, 0.717) is 35.7 Å². The highest BCUT2D eigenvalue weighted by molar-refractivity contribution is 6.02. The van der Waals surface area contributed by atoms with Gasteiger partial charge >= 0.3 is 5.97 Å². The number of aromatic nitrogens is 3. The molecule has 0 atom stereocenters. The van der Waals surface area contributed by atoms with Crippen LogP contribution >= 0.6 is 0 Å². The summed E-state index contributed by atoms with van der Waals surface area (Å²) in [5.74, 6) is -0.204. The van der Waals surface area contributed by atoms with E-state index in [2.05, 4.69) is 10.1 Å². The molecule has 4 aromatic rings. The number of pyridine rings is 1. The zero-order valence-electron chi connectivity index (χ0n) is 19.2. The number of methoxy groups -OCH3 is 2. The van der Waals surface area contributed by atoms with Crippen molar-refractivity contribution in [3.8, 4) is 17.0 Å². The number of carbonyl (C=O) groups is 2. The summed E-state index contributed by atoms with van der Waals surface area (Å²) in [5, 5.41) is 5.41. The summed E-state index contributed by atoms with van der Waals surface area (Å²) in [5.41, 5.74) is 5.34. The molecule has 2 aromatic heterocycles. The molecule has 172 valence electrons. The fraction of sp³-hybridized carbons (Fsp3) is 0.231. The van der Waals surface area contributed by atoms with Crippen LogP contribution in [0, 0.1) is 0 Å². The largest absolute Gasteiger partial charge is 0.481 e. The monoisotopic (exact) mass is 456 g/mol. The maximum atomic E-state index is 13.8. The highest BCUT2D eigenvalue weighted by Crippen LogP contribution is 2.33. The minimum Gasteiger partial charge on any atom is -0.481 e. The van der Waals surface area contributed by atoms with Crippen LogP contribution in [0.25, 0.3) is 22.0 Å². The van der Waals surface area contributed by atoms with Gasteiger partial charge in [0.05, 0.1) is 37.1 Å². The first-order valence-corrected chi connectivity index (χ1v) is 11.0. The Balaban J connectivity index is 1.54. The van der Waals surface area contributed by atoms with E-state index in [1.54, 1.807) is 23.2 Å². The number of hydrogen-bond donors (Lipinski definition) is 0. The number of amides is 1. The van der Waals surface area contributed by atoms with Gasteiger partial charge in [0.1, 0.15) is 0 Å². The smallest absolute Gasteiger partial charge is 0.338 e. The number of nitrogens with zero attached hydrogens (tertiary/aromatic N) is 4. The molecule has 1 amide bonds. The van der Waals surface area contributed by atoms with Gasteiger partial charge in [-0.15, -0.1) is 0 Å². The average Bonchev–Trinajstić information content (AvgIpc) is 3.50. The van der Waals surface area contributed by atoms with Crippen LogP contribution in [0.5, 0.6) is 5.88 Å². The second-order valence-corrected chi connectivity index (χ2v) is 8.10. The van der Waals surface area contributed by atoms with Crippen molar-refractivity contribution in [3.63, 3.8) is 0 Å². The number of hydrogen-bond acceptors (Lipinski definition) is 6. The van der Waals surface area contributed by atoms with Crippen molar-refractivity contribution >= 4 is 22.8 Å². The predicted molar refractivity (Wildman–Crippen MR) is 127 cm³/mol. The van der Waals surface area contributed by atoms with Crippen LogP contribution in [0.4, 0.5) is 0 Å². The second kappa shape index (κ2) is 8.62. The molecule has 0 fully saturated rings. The Labute approximate surface area is 196 Å². The number of ether oxygens (including phenoxy) is 2. The molecule has 0 N–H and O–H groups in total. The molecule has 1 aliphatic rings. The number of carbonyl (C=O) groups excluding carboxylic acids is 2. The molecular weight excluding hydrogens is 432 g/mol. The van der Waals surface area contributed by atoms with Crippen LogP contribution in [0.1, 0.15) is 38.8 Å². The lowest BCUT2D eigenvalue weighted by Gasteiger charge is -2.18. The van der Waals surface area contributed by atoms with E-state index in [0.717, 1.165) is 34.1 Å². The van der Waals surface area contributed by atoms with Crippen LogP contribution in [0.15, 0.2) is 54.9 Å². The summed E-state index contributed by atoms with van der Waals surface area (Å²) < 4.78 is 12.2. The highest BCUT2D eigenvalue weighted by atomic mass is 16.5. The Bertz CT molecular complexity index is 1430. The van der Waals surface area contributed by atoms with Crippen LogP contribution in [0.3, 0.4) is 0 Å². The topological polar surface area (TPSA) is 86.5 Å². The molecule has 0 aliphatic carbocycles. The molecular formula is C26H24N4O4. The fourth-order valence-corrected chi connectivity index (χ4v) is 4.50. The minimum atomic E-state index is -0.404. The van der Waals surface area contributed by atoms with Gasteiger partial charge in [0.15, 0.2) is 0 Å². The van der Waals surface area contributed by atoms with E-state index in [4.69, 9.17) is 9.47 Å². The van der Waals surface area contributed by atoms with Crippen molar-refractivity contribution in [1.29, 1.82) is 0 Å². The third-order valence-electron chi connectivity index (χ3n) is 6.25. The Morgan fingerprint density at radius 3 is 2.65 bits per heavy atom. The van der Waals surface area contributed by atoms with Gasteiger partial charge in [-0.2, -0.15) is 5.10 Å². The highest BCUT2D eigenvalue weighted by Gasteiger charge is 2.30. The van der Waals surface area contributed by atoms with Crippen molar-refractivity contribution in [3.05, 3.63) is 77.1 Å². The molecule has 0 radical (unpaired) electrons. The third-order valence-corrected chi connectivity index (χ3v) is 6.25. The summed E-state index contributed by atoms with van der Waals surface area (Å²) in [6, 6.07) is 13.1. The van der Waals surface area contributed by atoms with Crippen molar-refractivity contribution in [1.82, 2.24) is 19.7 Å². The number of fused-ring (bicyclic) bond motifs is 2. The quantitative estimate of drug-likeness (QED) is 0.421. The SMILES string of the molecule is CCn1ncc2cc(-c3cnc(OC)cc3C(=O)N3Cc4cccc(C(=O)OC)c4C3)ccc21. The fourth-order valence-electron chi connectivity index (χ4n) is 4.50. The maximum Gasteiger partial charge on any atom is 0.338 e. The molecule has 2 aromatic carbocycles. The first-order chi connectivity index (χ1) is 16.5. The van der Waals surface area contributed by atoms with E-state index in [9.17, 15) is 9.59 Å². The number of aryl methyl sites for hydroxylation is 1. The van der Waals surface area contributed by atoms with Gasteiger partial charge < -0.3 is 14.4 Å². The normalized spacial score (nSPS) is 12.6. The van der Waals surface area contributed by atoms with Gasteiger partial charge in [-0.3, -0.25) is 9.48 Å². The maximum absolute atomic E-state index is 13.8. The van der Waals surface area contributed by atoms with Crippen molar-refractivity contribution in [2.45, 2.75) is 26.6 Å². The van der Waals surface area contributed by atoms with Crippen LogP contribution < -0.4 is 4.74 Å². The Morgan fingerprint density at radius 2 is 1.88 bits per heavy atom. The molecule has 0 spiro atoms. The molecule has 0 saturated carbocycles. The van der Waals surface area contributed by atoms with Gasteiger partial charge in [0.2, 0.25) is 5.88 Å². The van der Waals surface area contributed by atoms with Gasteiger partial charge in [-0.05, 0) is 41.8 Å². The molecule has 34 heavy (non-hydrogen) atoms. The van der Waals surface area contributed by atoms with Crippen molar-refractivity contribution in [2.75, 3.05) is 14.2 Å². The molecule has 8 heteroatoms. The Morgan fingerprint density at radius 1 is 1.03 bits per heavy atom. The lowest BCUT2D eigenvalue weighted by atomic mass is 9.99. The van der Waals surface area contributed by atoms with E-state index >= 15 is 0 Å². The van der Waals surface area contributed by atoms with Crippen LogP contribution in [-0.4, -0.2) is 45.8 Å². The van der Waals surface area contributed by atoms with Gasteiger partial charge in [-0.25, -0.2) is 9.78 Å². The van der Waals surface area contributed by atoms with E-state index in [1.165, 1.54) is 14.2 Å². The van der Waals surface area contributed by atoms with E-state index < -0.39 is 5.97 Å².